The Balaban J connectivity index is 1.25. The largest absolute Gasteiger partial charge is 0.310 e. The molecule has 9 rings (SSSR count). The predicted octanol–water partition coefficient (Wildman–Crippen LogP) is 11.3. The molecule has 0 aliphatic carbocycles. The fourth-order valence-corrected chi connectivity index (χ4v) is 8.04. The van der Waals surface area contributed by atoms with E-state index < -0.39 is 0 Å². The van der Waals surface area contributed by atoms with Gasteiger partial charge in [0, 0.05) is 48.0 Å². The van der Waals surface area contributed by atoms with Crippen LogP contribution in [0.1, 0.15) is 25.0 Å². The monoisotopic (exact) mass is 622 g/mol. The zero-order valence-electron chi connectivity index (χ0n) is 26.1. The SMILES string of the molecule is CC1(C)c2ccccc2N(c2cccc(-c3nc(-c4ccccc4)nc(-c4ccccc4)n3)c2)c2cc3sc4ccccc4c3cc21. The first-order valence-electron chi connectivity index (χ1n) is 15.9. The Labute approximate surface area is 277 Å². The van der Waals surface area contributed by atoms with Gasteiger partial charge in [-0.3, -0.25) is 0 Å². The summed E-state index contributed by atoms with van der Waals surface area (Å²) in [6, 6.07) is 51.2. The van der Waals surface area contributed by atoms with E-state index >= 15 is 0 Å². The van der Waals surface area contributed by atoms with Gasteiger partial charge in [-0.05, 0) is 47.5 Å². The Morgan fingerprint density at radius 1 is 0.468 bits per heavy atom. The number of fused-ring (bicyclic) bond motifs is 5. The molecule has 0 saturated carbocycles. The number of hydrogen-bond acceptors (Lipinski definition) is 5. The average Bonchev–Trinajstić information content (AvgIpc) is 3.49. The van der Waals surface area contributed by atoms with Gasteiger partial charge in [0.25, 0.3) is 0 Å². The highest BCUT2D eigenvalue weighted by Crippen LogP contribution is 2.54. The molecule has 0 fully saturated rings. The summed E-state index contributed by atoms with van der Waals surface area (Å²) in [5.41, 5.74) is 8.74. The number of para-hydroxylation sites is 1. The topological polar surface area (TPSA) is 41.9 Å². The molecule has 1 aliphatic heterocycles. The first-order chi connectivity index (χ1) is 23.0. The van der Waals surface area contributed by atoms with Crippen molar-refractivity contribution in [3.63, 3.8) is 0 Å². The van der Waals surface area contributed by atoms with Gasteiger partial charge in [0.1, 0.15) is 0 Å². The van der Waals surface area contributed by atoms with Crippen molar-refractivity contribution in [2.24, 2.45) is 0 Å². The van der Waals surface area contributed by atoms with Crippen molar-refractivity contribution < 1.29 is 0 Å². The molecule has 1 aliphatic rings. The van der Waals surface area contributed by atoms with Gasteiger partial charge in [0.15, 0.2) is 17.5 Å². The molecule has 3 heterocycles. The Bertz CT molecular complexity index is 2390. The summed E-state index contributed by atoms with van der Waals surface area (Å²) in [4.78, 5) is 17.4. The van der Waals surface area contributed by atoms with E-state index in [1.807, 2.05) is 72.0 Å². The second-order valence-electron chi connectivity index (χ2n) is 12.5. The number of benzene rings is 6. The molecule has 5 heteroatoms. The molecule has 224 valence electrons. The first kappa shape index (κ1) is 27.6. The number of hydrogen-bond donors (Lipinski definition) is 0. The molecule has 0 atom stereocenters. The second-order valence-corrected chi connectivity index (χ2v) is 13.6. The van der Waals surface area contributed by atoms with Crippen molar-refractivity contribution in [1.82, 2.24) is 15.0 Å². The number of anilines is 3. The Hall–Kier alpha value is -5.65. The minimum Gasteiger partial charge on any atom is -0.310 e. The Kier molecular flexibility index (Phi) is 6.30. The van der Waals surface area contributed by atoms with Crippen LogP contribution in [0.2, 0.25) is 0 Å². The smallest absolute Gasteiger partial charge is 0.164 e. The van der Waals surface area contributed by atoms with Crippen LogP contribution in [0.4, 0.5) is 17.1 Å². The van der Waals surface area contributed by atoms with E-state index in [0.717, 1.165) is 22.4 Å². The molecule has 8 aromatic rings. The van der Waals surface area contributed by atoms with Crippen molar-refractivity contribution in [3.05, 3.63) is 157 Å². The number of rotatable bonds is 4. The van der Waals surface area contributed by atoms with Crippen LogP contribution in [0.15, 0.2) is 146 Å². The minimum atomic E-state index is -0.180. The summed E-state index contributed by atoms with van der Waals surface area (Å²) in [5, 5.41) is 2.63. The van der Waals surface area contributed by atoms with Gasteiger partial charge < -0.3 is 4.90 Å². The maximum atomic E-state index is 5.02. The number of thiophene rings is 1. The van der Waals surface area contributed by atoms with Crippen LogP contribution in [-0.4, -0.2) is 15.0 Å². The van der Waals surface area contributed by atoms with Crippen LogP contribution in [0.25, 0.3) is 54.3 Å². The molecule has 0 saturated heterocycles. The molecule has 0 spiro atoms. The van der Waals surface area contributed by atoms with E-state index in [2.05, 4.69) is 104 Å². The van der Waals surface area contributed by atoms with E-state index in [1.165, 1.54) is 42.7 Å². The normalized spacial score (nSPS) is 13.4. The van der Waals surface area contributed by atoms with Crippen LogP contribution in [0.5, 0.6) is 0 Å². The summed E-state index contributed by atoms with van der Waals surface area (Å²) >= 11 is 1.86. The van der Waals surface area contributed by atoms with Crippen molar-refractivity contribution in [2.45, 2.75) is 19.3 Å². The van der Waals surface area contributed by atoms with Gasteiger partial charge in [-0.15, -0.1) is 11.3 Å². The van der Waals surface area contributed by atoms with E-state index in [-0.39, 0.29) is 5.41 Å². The van der Waals surface area contributed by atoms with E-state index in [1.54, 1.807) is 0 Å². The van der Waals surface area contributed by atoms with Crippen LogP contribution >= 0.6 is 11.3 Å². The third kappa shape index (κ3) is 4.54. The highest BCUT2D eigenvalue weighted by Gasteiger charge is 2.37. The lowest BCUT2D eigenvalue weighted by molar-refractivity contribution is 0.633. The Morgan fingerprint density at radius 3 is 1.79 bits per heavy atom. The summed E-state index contributed by atoms with van der Waals surface area (Å²) in [5.74, 6) is 1.95. The fourth-order valence-electron chi connectivity index (χ4n) is 6.92. The standard InChI is InChI=1S/C42H30N4S/c1-42(2)33-21-10-11-22-35(33)46(36-26-38-32(25-34(36)42)31-20-9-12-23-37(31)47-38)30-19-13-18-29(24-30)41-44-39(27-14-5-3-6-15-27)43-40(45-41)28-16-7-4-8-17-28/h3-26H,1-2H3. The molecule has 0 radical (unpaired) electrons. The van der Waals surface area contributed by atoms with Gasteiger partial charge in [-0.2, -0.15) is 0 Å². The van der Waals surface area contributed by atoms with Crippen molar-refractivity contribution in [1.29, 1.82) is 0 Å². The molecule has 47 heavy (non-hydrogen) atoms. The molecule has 0 N–H and O–H groups in total. The number of nitrogens with zero attached hydrogens (tertiary/aromatic N) is 4. The molecule has 0 unspecified atom stereocenters. The summed E-state index contributed by atoms with van der Waals surface area (Å²) in [7, 11) is 0. The van der Waals surface area contributed by atoms with Crippen molar-refractivity contribution >= 4 is 48.6 Å². The van der Waals surface area contributed by atoms with Crippen LogP contribution in [-0.2, 0) is 5.41 Å². The van der Waals surface area contributed by atoms with Gasteiger partial charge in [-0.25, -0.2) is 15.0 Å². The minimum absolute atomic E-state index is 0.180. The molecular formula is C42H30N4S. The Morgan fingerprint density at radius 2 is 1.06 bits per heavy atom. The van der Waals surface area contributed by atoms with Crippen LogP contribution < -0.4 is 4.90 Å². The van der Waals surface area contributed by atoms with Crippen LogP contribution in [0, 0.1) is 0 Å². The van der Waals surface area contributed by atoms with E-state index in [9.17, 15) is 0 Å². The van der Waals surface area contributed by atoms with Gasteiger partial charge in [0.05, 0.1) is 11.4 Å². The summed E-state index contributed by atoms with van der Waals surface area (Å²) in [6.45, 7) is 4.69. The highest BCUT2D eigenvalue weighted by molar-refractivity contribution is 7.25. The molecule has 0 amide bonds. The highest BCUT2D eigenvalue weighted by atomic mass is 32.1. The van der Waals surface area contributed by atoms with Gasteiger partial charge >= 0.3 is 0 Å². The van der Waals surface area contributed by atoms with Crippen molar-refractivity contribution in [2.75, 3.05) is 4.90 Å². The molecular weight excluding hydrogens is 593 g/mol. The zero-order valence-corrected chi connectivity index (χ0v) is 26.9. The van der Waals surface area contributed by atoms with Crippen LogP contribution in [0.3, 0.4) is 0 Å². The molecule has 2 aromatic heterocycles. The predicted molar refractivity (Wildman–Crippen MR) is 196 cm³/mol. The number of aromatic nitrogens is 3. The first-order valence-corrected chi connectivity index (χ1v) is 16.7. The fraction of sp³-hybridized carbons (Fsp3) is 0.0714. The molecule has 4 nitrogen and oxygen atoms in total. The summed E-state index contributed by atoms with van der Waals surface area (Å²) in [6.07, 6.45) is 0. The molecule has 6 aromatic carbocycles. The quantitative estimate of drug-likeness (QED) is 0.196. The average molecular weight is 623 g/mol. The maximum Gasteiger partial charge on any atom is 0.164 e. The lowest BCUT2D eigenvalue weighted by atomic mass is 9.73. The van der Waals surface area contributed by atoms with Gasteiger partial charge in [0.2, 0.25) is 0 Å². The third-order valence-electron chi connectivity index (χ3n) is 9.29. The van der Waals surface area contributed by atoms with E-state index in [0.29, 0.717) is 17.5 Å². The zero-order chi connectivity index (χ0) is 31.5. The van der Waals surface area contributed by atoms with Crippen molar-refractivity contribution in [3.8, 4) is 34.2 Å². The third-order valence-corrected chi connectivity index (χ3v) is 10.4. The molecule has 0 bridgehead atoms. The lowest BCUT2D eigenvalue weighted by Crippen LogP contribution is -2.30. The second kappa shape index (κ2) is 10.7. The van der Waals surface area contributed by atoms with E-state index in [4.69, 9.17) is 15.0 Å². The maximum absolute atomic E-state index is 5.02. The van der Waals surface area contributed by atoms with Gasteiger partial charge in [-0.1, -0.05) is 123 Å². The summed E-state index contributed by atoms with van der Waals surface area (Å²) < 4.78 is 2.60. The lowest BCUT2D eigenvalue weighted by Gasteiger charge is -2.42.